The molecule has 1 aromatic carbocycles. The van der Waals surface area contributed by atoms with Gasteiger partial charge in [0, 0.05) is 5.69 Å². The molecular weight excluding hydrogens is 289 g/mol. The molecule has 0 aliphatic heterocycles. The maximum absolute atomic E-state index is 13.5. The maximum atomic E-state index is 13.5. The van der Waals surface area contributed by atoms with Gasteiger partial charge in [-0.25, -0.2) is 12.8 Å². The van der Waals surface area contributed by atoms with Crippen LogP contribution in [-0.2, 0) is 10.0 Å². The minimum atomic E-state index is -4.11. The molecular formula is C11H8FN3O2S2. The van der Waals surface area contributed by atoms with E-state index in [0.29, 0.717) is 0 Å². The fraction of sp³-hybridized carbons (Fsp3) is 0. The summed E-state index contributed by atoms with van der Waals surface area (Å²) < 4.78 is 39.8. The van der Waals surface area contributed by atoms with Crippen LogP contribution in [0.1, 0.15) is 5.56 Å². The van der Waals surface area contributed by atoms with E-state index >= 15 is 0 Å². The summed E-state index contributed by atoms with van der Waals surface area (Å²) in [6, 6.07) is 6.58. The van der Waals surface area contributed by atoms with E-state index in [-0.39, 0.29) is 16.3 Å². The van der Waals surface area contributed by atoms with Gasteiger partial charge in [-0.1, -0.05) is 0 Å². The van der Waals surface area contributed by atoms with Gasteiger partial charge in [-0.2, -0.15) is 5.26 Å². The highest BCUT2D eigenvalue weighted by molar-refractivity contribution is 7.93. The van der Waals surface area contributed by atoms with E-state index in [9.17, 15) is 12.8 Å². The molecule has 1 heterocycles. The van der Waals surface area contributed by atoms with Gasteiger partial charge in [0.1, 0.15) is 21.8 Å². The molecule has 19 heavy (non-hydrogen) atoms. The molecule has 0 saturated heterocycles. The average Bonchev–Trinajstić information content (AvgIpc) is 2.78. The Morgan fingerprint density at radius 1 is 1.37 bits per heavy atom. The molecule has 0 fully saturated rings. The fourth-order valence-electron chi connectivity index (χ4n) is 1.38. The van der Waals surface area contributed by atoms with Crippen molar-refractivity contribution in [3.8, 4) is 6.07 Å². The van der Waals surface area contributed by atoms with Gasteiger partial charge >= 0.3 is 0 Å². The van der Waals surface area contributed by atoms with Crippen LogP contribution < -0.4 is 10.5 Å². The first kappa shape index (κ1) is 13.3. The van der Waals surface area contributed by atoms with Crippen LogP contribution in [0.15, 0.2) is 34.5 Å². The topological polar surface area (TPSA) is 96.0 Å². The summed E-state index contributed by atoms with van der Waals surface area (Å²) in [5, 5.41) is 10.5. The molecule has 5 nitrogen and oxygen atoms in total. The molecule has 8 heteroatoms. The molecule has 0 spiro atoms. The molecule has 0 aliphatic rings. The zero-order valence-electron chi connectivity index (χ0n) is 9.42. The fourth-order valence-corrected chi connectivity index (χ4v) is 3.56. The molecule has 98 valence electrons. The number of nitrogens with one attached hydrogen (secondary N) is 1. The van der Waals surface area contributed by atoms with Crippen molar-refractivity contribution in [2.75, 3.05) is 10.5 Å². The summed E-state index contributed by atoms with van der Waals surface area (Å²) in [7, 11) is -4.11. The zero-order chi connectivity index (χ0) is 14.0. The number of thiophene rings is 1. The molecule has 0 unspecified atom stereocenters. The number of anilines is 2. The summed E-state index contributed by atoms with van der Waals surface area (Å²) in [6.07, 6.45) is 0. The molecule has 0 bridgehead atoms. The summed E-state index contributed by atoms with van der Waals surface area (Å²) in [5.41, 5.74) is 5.76. The normalized spacial score (nSPS) is 10.9. The van der Waals surface area contributed by atoms with Crippen LogP contribution in [0.25, 0.3) is 0 Å². The van der Waals surface area contributed by atoms with Crippen molar-refractivity contribution < 1.29 is 12.8 Å². The van der Waals surface area contributed by atoms with Crippen LogP contribution in [0.5, 0.6) is 0 Å². The van der Waals surface area contributed by atoms with Crippen molar-refractivity contribution >= 4 is 32.0 Å². The van der Waals surface area contributed by atoms with E-state index in [0.717, 1.165) is 23.5 Å². The Balaban J connectivity index is 2.44. The Hall–Kier alpha value is -2.11. The first-order valence-electron chi connectivity index (χ1n) is 4.99. The standard InChI is InChI=1S/C11H8FN3O2S2/c12-9-2-1-8(14)5-10(9)19(16,17)15-11-7(6-13)3-4-18-11/h1-5,15H,14H2. The Morgan fingerprint density at radius 3 is 2.79 bits per heavy atom. The first-order chi connectivity index (χ1) is 8.94. The Kier molecular flexibility index (Phi) is 3.42. The number of hydrogen-bond donors (Lipinski definition) is 2. The van der Waals surface area contributed by atoms with Crippen molar-refractivity contribution in [3.05, 3.63) is 41.0 Å². The second kappa shape index (κ2) is 4.87. The maximum Gasteiger partial charge on any atom is 0.265 e. The lowest BCUT2D eigenvalue weighted by molar-refractivity contribution is 0.570. The molecule has 0 atom stereocenters. The van der Waals surface area contributed by atoms with Crippen molar-refractivity contribution in [2.24, 2.45) is 0 Å². The van der Waals surface area contributed by atoms with Crippen molar-refractivity contribution in [3.63, 3.8) is 0 Å². The second-order valence-electron chi connectivity index (χ2n) is 3.57. The third-order valence-electron chi connectivity index (χ3n) is 2.26. The van der Waals surface area contributed by atoms with Crippen molar-refractivity contribution in [1.82, 2.24) is 0 Å². The molecule has 2 rings (SSSR count). The monoisotopic (exact) mass is 297 g/mol. The van der Waals surface area contributed by atoms with E-state index in [4.69, 9.17) is 11.0 Å². The smallest absolute Gasteiger partial charge is 0.265 e. The van der Waals surface area contributed by atoms with Crippen LogP contribution in [0.4, 0.5) is 15.1 Å². The number of nitrogens with two attached hydrogens (primary N) is 1. The minimum Gasteiger partial charge on any atom is -0.399 e. The predicted molar refractivity (Wildman–Crippen MR) is 70.7 cm³/mol. The quantitative estimate of drug-likeness (QED) is 0.848. The molecule has 0 radical (unpaired) electrons. The molecule has 0 saturated carbocycles. The van der Waals surface area contributed by atoms with Crippen LogP contribution in [-0.4, -0.2) is 8.42 Å². The predicted octanol–water partition coefficient (Wildman–Crippen LogP) is 2.14. The van der Waals surface area contributed by atoms with E-state index in [1.54, 1.807) is 5.38 Å². The van der Waals surface area contributed by atoms with Crippen LogP contribution in [0.2, 0.25) is 0 Å². The molecule has 0 aliphatic carbocycles. The number of halogens is 1. The summed E-state index contributed by atoms with van der Waals surface area (Å²) in [5.74, 6) is -0.906. The highest BCUT2D eigenvalue weighted by atomic mass is 32.2. The third-order valence-corrected chi connectivity index (χ3v) is 4.58. The number of rotatable bonds is 3. The van der Waals surface area contributed by atoms with Gasteiger partial charge in [0.25, 0.3) is 10.0 Å². The van der Waals surface area contributed by atoms with E-state index < -0.39 is 20.7 Å². The Labute approximate surface area is 113 Å². The van der Waals surface area contributed by atoms with Gasteiger partial charge < -0.3 is 5.73 Å². The summed E-state index contributed by atoms with van der Waals surface area (Å²) in [4.78, 5) is -0.551. The van der Waals surface area contributed by atoms with Crippen LogP contribution in [0.3, 0.4) is 0 Å². The minimum absolute atomic E-state index is 0.133. The third kappa shape index (κ3) is 2.67. The lowest BCUT2D eigenvalue weighted by atomic mass is 10.3. The largest absolute Gasteiger partial charge is 0.399 e. The van der Waals surface area contributed by atoms with Gasteiger partial charge in [0.15, 0.2) is 0 Å². The zero-order valence-corrected chi connectivity index (χ0v) is 11.1. The number of hydrogen-bond acceptors (Lipinski definition) is 5. The van der Waals surface area contributed by atoms with Crippen LogP contribution in [0, 0.1) is 17.1 Å². The number of benzene rings is 1. The first-order valence-corrected chi connectivity index (χ1v) is 7.36. The Bertz CT molecular complexity index is 762. The van der Waals surface area contributed by atoms with E-state index in [1.165, 1.54) is 12.1 Å². The van der Waals surface area contributed by atoms with Gasteiger partial charge in [-0.3, -0.25) is 4.72 Å². The second-order valence-corrected chi connectivity index (χ2v) is 6.14. The van der Waals surface area contributed by atoms with E-state index in [1.807, 2.05) is 6.07 Å². The molecule has 1 aromatic heterocycles. The number of sulfonamides is 1. The van der Waals surface area contributed by atoms with Crippen molar-refractivity contribution in [1.29, 1.82) is 5.26 Å². The van der Waals surface area contributed by atoms with Gasteiger partial charge in [-0.15, -0.1) is 11.3 Å². The average molecular weight is 297 g/mol. The summed E-state index contributed by atoms with van der Waals surface area (Å²) >= 11 is 1.04. The number of nitrogen functional groups attached to an aromatic ring is 1. The van der Waals surface area contributed by atoms with Crippen LogP contribution >= 0.6 is 11.3 Å². The number of nitrogens with zero attached hydrogens (tertiary/aromatic N) is 1. The van der Waals surface area contributed by atoms with Gasteiger partial charge in [0.2, 0.25) is 0 Å². The lowest BCUT2D eigenvalue weighted by Gasteiger charge is -2.08. The lowest BCUT2D eigenvalue weighted by Crippen LogP contribution is -2.14. The van der Waals surface area contributed by atoms with Crippen molar-refractivity contribution in [2.45, 2.75) is 4.90 Å². The van der Waals surface area contributed by atoms with Gasteiger partial charge in [-0.05, 0) is 29.6 Å². The Morgan fingerprint density at radius 2 is 2.11 bits per heavy atom. The highest BCUT2D eigenvalue weighted by Crippen LogP contribution is 2.27. The van der Waals surface area contributed by atoms with E-state index in [2.05, 4.69) is 4.72 Å². The molecule has 2 aromatic rings. The van der Waals surface area contributed by atoms with Gasteiger partial charge in [0.05, 0.1) is 5.56 Å². The SMILES string of the molecule is N#Cc1ccsc1NS(=O)(=O)c1cc(N)ccc1F. The highest BCUT2D eigenvalue weighted by Gasteiger charge is 2.21. The number of nitriles is 1. The molecule has 3 N–H and O–H groups in total. The summed E-state index contributed by atoms with van der Waals surface area (Å²) in [6.45, 7) is 0. The molecule has 0 amide bonds.